The normalized spacial score (nSPS) is 15.0. The lowest BCUT2D eigenvalue weighted by Crippen LogP contribution is -2.58. The molecule has 0 unspecified atom stereocenters. The summed E-state index contributed by atoms with van der Waals surface area (Å²) in [5.41, 5.74) is 4.21. The molecule has 0 aromatic carbocycles. The molecule has 0 spiro atoms. The Kier molecular flexibility index (Phi) is 11.2. The summed E-state index contributed by atoms with van der Waals surface area (Å²) in [5, 5.41) is 0.143. The molecule has 4 nitrogen and oxygen atoms in total. The van der Waals surface area contributed by atoms with E-state index in [9.17, 15) is 0 Å². The highest BCUT2D eigenvalue weighted by Gasteiger charge is 2.56. The first-order valence-electron chi connectivity index (χ1n) is 8.04. The Morgan fingerprint density at radius 2 is 1.18 bits per heavy atom. The smallest absolute Gasteiger partial charge is 0.369 e. The number of hydrogen-bond acceptors (Lipinski definition) is 4. The highest BCUT2D eigenvalue weighted by molar-refractivity contribution is 6.92. The lowest BCUT2D eigenvalue weighted by Gasteiger charge is -2.40. The summed E-state index contributed by atoms with van der Waals surface area (Å²) in [6.45, 7) is 6.21. The number of rotatable bonds is 12. The van der Waals surface area contributed by atoms with Crippen molar-refractivity contribution in [3.63, 3.8) is 0 Å². The largest absolute Gasteiger partial charge is 0.395 e. The maximum Gasteiger partial charge on any atom is 0.369 e. The molecule has 0 atom stereocenters. The van der Waals surface area contributed by atoms with Crippen molar-refractivity contribution in [3.8, 4) is 0 Å². The van der Waals surface area contributed by atoms with Crippen LogP contribution in [0.25, 0.3) is 0 Å². The zero-order valence-electron chi connectivity index (χ0n) is 15.3. The van der Waals surface area contributed by atoms with E-state index in [4.69, 9.17) is 17.7 Å². The molecule has 6 heteroatoms. The standard InChI is InChI=1S/C16H34O4Si2/c1-8-11-12-13-16(21(17-4,18-5)14-9-2)22(19-6,20-7)15-10-3/h9-10,14-16H,8,11-13H2,1-7H3. The number of allylic oxidation sites excluding steroid dienone is 2. The molecule has 130 valence electrons. The van der Waals surface area contributed by atoms with Gasteiger partial charge in [0.1, 0.15) is 0 Å². The van der Waals surface area contributed by atoms with Gasteiger partial charge >= 0.3 is 17.1 Å². The molecule has 0 radical (unpaired) electrons. The molecule has 0 aromatic heterocycles. The summed E-state index contributed by atoms with van der Waals surface area (Å²) < 4.78 is 23.8. The molecule has 0 aliphatic rings. The first-order chi connectivity index (χ1) is 10.6. The summed E-state index contributed by atoms with van der Waals surface area (Å²) in [5.74, 6) is 0. The third kappa shape index (κ3) is 5.14. The SMILES string of the molecule is CC=C[Si](OC)(OC)C(CCCCC)[Si](C=CC)(OC)OC. The van der Waals surface area contributed by atoms with Gasteiger partial charge in [-0.25, -0.2) is 0 Å². The van der Waals surface area contributed by atoms with E-state index >= 15 is 0 Å². The van der Waals surface area contributed by atoms with E-state index in [1.807, 2.05) is 26.0 Å². The van der Waals surface area contributed by atoms with Crippen LogP contribution in [0.1, 0.15) is 46.5 Å². The molecule has 0 saturated carbocycles. The summed E-state index contributed by atoms with van der Waals surface area (Å²) >= 11 is 0. The van der Waals surface area contributed by atoms with Crippen molar-refractivity contribution in [2.45, 2.75) is 51.6 Å². The first-order valence-corrected chi connectivity index (χ1v) is 12.0. The molecule has 0 aliphatic heterocycles. The van der Waals surface area contributed by atoms with Gasteiger partial charge < -0.3 is 17.7 Å². The van der Waals surface area contributed by atoms with Crippen LogP contribution >= 0.6 is 0 Å². The summed E-state index contributed by atoms with van der Waals surface area (Å²) in [4.78, 5) is 0. The summed E-state index contributed by atoms with van der Waals surface area (Å²) in [7, 11) is 1.84. The zero-order valence-corrected chi connectivity index (χ0v) is 17.3. The Morgan fingerprint density at radius 1 is 0.773 bits per heavy atom. The van der Waals surface area contributed by atoms with Crippen molar-refractivity contribution >= 4 is 17.1 Å². The predicted octanol–water partition coefficient (Wildman–Crippen LogP) is 4.18. The minimum Gasteiger partial charge on any atom is -0.395 e. The van der Waals surface area contributed by atoms with Crippen LogP contribution in [-0.4, -0.2) is 45.6 Å². The molecular weight excluding hydrogens is 312 g/mol. The third-order valence-electron chi connectivity index (χ3n) is 4.14. The molecule has 0 saturated heterocycles. The van der Waals surface area contributed by atoms with Gasteiger partial charge in [0.15, 0.2) is 0 Å². The lowest BCUT2D eigenvalue weighted by atomic mass is 10.2. The fourth-order valence-electron chi connectivity index (χ4n) is 2.99. The Morgan fingerprint density at radius 3 is 1.45 bits per heavy atom. The summed E-state index contributed by atoms with van der Waals surface area (Å²) in [6, 6.07) is 0. The number of hydrogen-bond donors (Lipinski definition) is 0. The molecule has 0 amide bonds. The Bertz CT molecular complexity index is 309. The fraction of sp³-hybridized carbons (Fsp3) is 0.750. The van der Waals surface area contributed by atoms with Crippen molar-refractivity contribution in [2.24, 2.45) is 0 Å². The van der Waals surface area contributed by atoms with Crippen LogP contribution < -0.4 is 0 Å². The highest BCUT2D eigenvalue weighted by Crippen LogP contribution is 2.39. The molecule has 0 aromatic rings. The van der Waals surface area contributed by atoms with Crippen LogP contribution in [0.2, 0.25) is 5.16 Å². The van der Waals surface area contributed by atoms with Gasteiger partial charge in [-0.1, -0.05) is 38.3 Å². The van der Waals surface area contributed by atoms with Crippen LogP contribution in [0.5, 0.6) is 0 Å². The van der Waals surface area contributed by atoms with Gasteiger partial charge in [0.2, 0.25) is 0 Å². The Hall–Kier alpha value is -0.246. The lowest BCUT2D eigenvalue weighted by molar-refractivity contribution is 0.213. The Balaban J connectivity index is 5.85. The van der Waals surface area contributed by atoms with Gasteiger partial charge in [0.25, 0.3) is 0 Å². The molecule has 0 rings (SSSR count). The van der Waals surface area contributed by atoms with E-state index in [0.717, 1.165) is 12.8 Å². The minimum absolute atomic E-state index is 0.143. The van der Waals surface area contributed by atoms with Gasteiger partial charge in [-0.15, -0.1) is 0 Å². The quantitative estimate of drug-likeness (QED) is 0.392. The van der Waals surface area contributed by atoms with Gasteiger partial charge in [-0.3, -0.25) is 0 Å². The van der Waals surface area contributed by atoms with Gasteiger partial charge in [-0.05, 0) is 31.7 Å². The van der Waals surface area contributed by atoms with Crippen LogP contribution in [0.3, 0.4) is 0 Å². The topological polar surface area (TPSA) is 36.9 Å². The maximum atomic E-state index is 5.95. The minimum atomic E-state index is -2.56. The van der Waals surface area contributed by atoms with Crippen molar-refractivity contribution in [1.82, 2.24) is 0 Å². The average molecular weight is 347 g/mol. The summed E-state index contributed by atoms with van der Waals surface area (Å²) in [6.07, 6.45) is 8.53. The van der Waals surface area contributed by atoms with E-state index < -0.39 is 17.1 Å². The van der Waals surface area contributed by atoms with E-state index in [2.05, 4.69) is 18.3 Å². The van der Waals surface area contributed by atoms with E-state index in [0.29, 0.717) is 0 Å². The maximum absolute atomic E-state index is 5.95. The molecular formula is C16H34O4Si2. The van der Waals surface area contributed by atoms with Crippen molar-refractivity contribution in [3.05, 3.63) is 23.6 Å². The van der Waals surface area contributed by atoms with E-state index in [1.165, 1.54) is 12.8 Å². The third-order valence-corrected chi connectivity index (χ3v) is 13.2. The zero-order chi connectivity index (χ0) is 17.1. The van der Waals surface area contributed by atoms with Crippen molar-refractivity contribution < 1.29 is 17.7 Å². The predicted molar refractivity (Wildman–Crippen MR) is 97.1 cm³/mol. The average Bonchev–Trinajstić information content (AvgIpc) is 2.55. The fourth-order valence-corrected chi connectivity index (χ4v) is 11.8. The van der Waals surface area contributed by atoms with Crippen LogP contribution in [-0.2, 0) is 17.7 Å². The second-order valence-electron chi connectivity index (χ2n) is 5.31. The van der Waals surface area contributed by atoms with Gasteiger partial charge in [0, 0.05) is 28.4 Å². The molecule has 0 heterocycles. The molecule has 22 heavy (non-hydrogen) atoms. The molecule has 0 bridgehead atoms. The molecule has 0 fully saturated rings. The molecule has 0 aliphatic carbocycles. The number of unbranched alkanes of at least 4 members (excludes halogenated alkanes) is 2. The van der Waals surface area contributed by atoms with Crippen molar-refractivity contribution in [2.75, 3.05) is 28.4 Å². The van der Waals surface area contributed by atoms with Crippen LogP contribution in [0, 0.1) is 0 Å². The second-order valence-corrected chi connectivity index (χ2v) is 12.5. The van der Waals surface area contributed by atoms with Gasteiger partial charge in [-0.2, -0.15) is 0 Å². The Labute approximate surface area is 139 Å². The van der Waals surface area contributed by atoms with Gasteiger partial charge in [0.05, 0.1) is 5.16 Å². The van der Waals surface area contributed by atoms with Crippen molar-refractivity contribution in [1.29, 1.82) is 0 Å². The van der Waals surface area contributed by atoms with E-state index in [-0.39, 0.29) is 5.16 Å². The first kappa shape index (κ1) is 21.8. The highest BCUT2D eigenvalue weighted by atomic mass is 28.4. The monoisotopic (exact) mass is 346 g/mol. The second kappa shape index (κ2) is 11.3. The van der Waals surface area contributed by atoms with E-state index in [1.54, 1.807) is 28.4 Å². The van der Waals surface area contributed by atoms with Crippen LogP contribution in [0.15, 0.2) is 23.6 Å². The molecule has 0 N–H and O–H groups in total. The van der Waals surface area contributed by atoms with Crippen LogP contribution in [0.4, 0.5) is 0 Å².